The summed E-state index contributed by atoms with van der Waals surface area (Å²) in [6.45, 7) is 1.78. The van der Waals surface area contributed by atoms with Gasteiger partial charge < -0.3 is 5.11 Å². The van der Waals surface area contributed by atoms with Crippen molar-refractivity contribution < 1.29 is 5.11 Å². The Bertz CT molecular complexity index is 896. The number of rotatable bonds is 1. The van der Waals surface area contributed by atoms with E-state index in [0.717, 1.165) is 0 Å². The quantitative estimate of drug-likeness (QED) is 0.662. The molecule has 0 spiro atoms. The van der Waals surface area contributed by atoms with Crippen molar-refractivity contribution in [2.24, 2.45) is 0 Å². The molecule has 21 heavy (non-hydrogen) atoms. The zero-order valence-corrected chi connectivity index (χ0v) is 14.1. The van der Waals surface area contributed by atoms with Gasteiger partial charge in [-0.05, 0) is 63.0 Å². The van der Waals surface area contributed by atoms with E-state index >= 15 is 0 Å². The number of aryl methyl sites for hydroxylation is 1. The minimum absolute atomic E-state index is 0.0956. The molecule has 1 N–H and O–H groups in total. The van der Waals surface area contributed by atoms with Crippen LogP contribution in [0.5, 0.6) is 5.75 Å². The summed E-state index contributed by atoms with van der Waals surface area (Å²) in [5, 5.41) is 10.3. The molecular weight excluding hydrogens is 400 g/mol. The van der Waals surface area contributed by atoms with Gasteiger partial charge in [0.2, 0.25) is 0 Å². The van der Waals surface area contributed by atoms with Crippen LogP contribution in [0.4, 0.5) is 0 Å². The highest BCUT2D eigenvalue weighted by molar-refractivity contribution is 9.11. The van der Waals surface area contributed by atoms with Gasteiger partial charge in [0.1, 0.15) is 11.6 Å². The monoisotopic (exact) mass is 408 g/mol. The molecule has 0 amide bonds. The van der Waals surface area contributed by atoms with Crippen LogP contribution in [0.15, 0.2) is 50.1 Å². The second-order valence-electron chi connectivity index (χ2n) is 4.57. The molecule has 2 aromatic carbocycles. The van der Waals surface area contributed by atoms with Crippen LogP contribution in [0, 0.1) is 6.92 Å². The van der Waals surface area contributed by atoms with Crippen molar-refractivity contribution in [3.05, 3.63) is 61.5 Å². The lowest BCUT2D eigenvalue weighted by molar-refractivity contribution is 0.468. The first-order valence-corrected chi connectivity index (χ1v) is 7.74. The summed E-state index contributed by atoms with van der Waals surface area (Å²) in [7, 11) is 0. The van der Waals surface area contributed by atoms with E-state index in [2.05, 4.69) is 36.8 Å². The fourth-order valence-corrected chi connectivity index (χ4v) is 3.39. The molecule has 0 saturated heterocycles. The standard InChI is InChI=1S/C15H10Br2N2O2/c1-8-18-13-5-3-2-4-10(13)15(21)19(8)9-6-11(16)14(20)12(17)7-9/h2-7,20H,1H3. The number of halogens is 2. The molecule has 3 aromatic rings. The van der Waals surface area contributed by atoms with Crippen molar-refractivity contribution in [2.75, 3.05) is 0 Å². The molecule has 0 radical (unpaired) electrons. The van der Waals surface area contributed by atoms with E-state index in [9.17, 15) is 9.90 Å². The van der Waals surface area contributed by atoms with E-state index in [-0.39, 0.29) is 11.3 Å². The van der Waals surface area contributed by atoms with E-state index < -0.39 is 0 Å². The largest absolute Gasteiger partial charge is 0.506 e. The predicted octanol–water partition coefficient (Wildman–Crippen LogP) is 3.92. The van der Waals surface area contributed by atoms with E-state index in [1.54, 1.807) is 25.1 Å². The molecule has 0 aliphatic rings. The molecular formula is C15H10Br2N2O2. The number of fused-ring (bicyclic) bond motifs is 1. The third kappa shape index (κ3) is 2.38. The number of aromatic nitrogens is 2. The van der Waals surface area contributed by atoms with Crippen molar-refractivity contribution in [1.82, 2.24) is 9.55 Å². The van der Waals surface area contributed by atoms with Crippen LogP contribution < -0.4 is 5.56 Å². The lowest BCUT2D eigenvalue weighted by atomic mass is 10.2. The predicted molar refractivity (Wildman–Crippen MR) is 89.1 cm³/mol. The number of para-hydroxylation sites is 1. The Hall–Kier alpha value is -1.66. The Morgan fingerprint density at radius 3 is 2.43 bits per heavy atom. The first-order valence-electron chi connectivity index (χ1n) is 6.16. The van der Waals surface area contributed by atoms with Crippen LogP contribution in [-0.2, 0) is 0 Å². The molecule has 0 aliphatic carbocycles. The Morgan fingerprint density at radius 1 is 1.14 bits per heavy atom. The van der Waals surface area contributed by atoms with Crippen LogP contribution in [0.25, 0.3) is 16.6 Å². The maximum absolute atomic E-state index is 12.7. The number of hydrogen-bond donors (Lipinski definition) is 1. The summed E-state index contributed by atoms with van der Waals surface area (Å²) in [5.41, 5.74) is 1.17. The summed E-state index contributed by atoms with van der Waals surface area (Å²) in [4.78, 5) is 17.2. The highest BCUT2D eigenvalue weighted by Gasteiger charge is 2.13. The van der Waals surface area contributed by atoms with Gasteiger partial charge in [0.25, 0.3) is 5.56 Å². The van der Waals surface area contributed by atoms with Gasteiger partial charge in [-0.2, -0.15) is 0 Å². The van der Waals surface area contributed by atoms with Gasteiger partial charge in [-0.1, -0.05) is 12.1 Å². The smallest absolute Gasteiger partial charge is 0.265 e. The third-order valence-corrected chi connectivity index (χ3v) is 4.41. The molecule has 1 aromatic heterocycles. The minimum Gasteiger partial charge on any atom is -0.506 e. The van der Waals surface area contributed by atoms with E-state index in [1.165, 1.54) is 4.57 Å². The first-order chi connectivity index (χ1) is 9.99. The molecule has 4 nitrogen and oxygen atoms in total. The van der Waals surface area contributed by atoms with Gasteiger partial charge in [0.15, 0.2) is 0 Å². The number of nitrogens with zero attached hydrogens (tertiary/aromatic N) is 2. The normalized spacial score (nSPS) is 11.0. The molecule has 6 heteroatoms. The average molecular weight is 410 g/mol. The summed E-state index contributed by atoms with van der Waals surface area (Å²) in [5.74, 6) is 0.682. The van der Waals surface area contributed by atoms with Crippen molar-refractivity contribution in [3.63, 3.8) is 0 Å². The van der Waals surface area contributed by atoms with Gasteiger partial charge in [-0.15, -0.1) is 0 Å². The lowest BCUT2D eigenvalue weighted by Gasteiger charge is -2.12. The Morgan fingerprint density at radius 2 is 1.76 bits per heavy atom. The lowest BCUT2D eigenvalue weighted by Crippen LogP contribution is -2.22. The number of phenolic OH excluding ortho intramolecular Hbond substituents is 1. The Kier molecular flexibility index (Phi) is 3.59. The first kappa shape index (κ1) is 14.3. The molecule has 1 heterocycles. The van der Waals surface area contributed by atoms with Crippen molar-refractivity contribution in [1.29, 1.82) is 0 Å². The van der Waals surface area contributed by atoms with Gasteiger partial charge in [0.05, 0.1) is 25.5 Å². The maximum Gasteiger partial charge on any atom is 0.265 e. The third-order valence-electron chi connectivity index (χ3n) is 3.20. The van der Waals surface area contributed by atoms with Crippen molar-refractivity contribution in [3.8, 4) is 11.4 Å². The SMILES string of the molecule is Cc1nc2ccccc2c(=O)n1-c1cc(Br)c(O)c(Br)c1. The highest BCUT2D eigenvalue weighted by Crippen LogP contribution is 2.34. The van der Waals surface area contributed by atoms with E-state index in [0.29, 0.717) is 31.4 Å². The van der Waals surface area contributed by atoms with Gasteiger partial charge >= 0.3 is 0 Å². The number of benzene rings is 2. The molecule has 0 fully saturated rings. The molecule has 0 aliphatic heterocycles. The average Bonchev–Trinajstić information content (AvgIpc) is 2.44. The zero-order valence-electron chi connectivity index (χ0n) is 11.0. The Labute approximate surface area is 137 Å². The number of aromatic hydroxyl groups is 1. The van der Waals surface area contributed by atoms with Gasteiger partial charge in [0, 0.05) is 0 Å². The van der Waals surface area contributed by atoms with E-state index in [4.69, 9.17) is 0 Å². The fourth-order valence-electron chi connectivity index (χ4n) is 2.23. The van der Waals surface area contributed by atoms with Crippen LogP contribution in [-0.4, -0.2) is 14.7 Å². The molecule has 0 atom stereocenters. The zero-order chi connectivity index (χ0) is 15.1. The molecule has 106 valence electrons. The Balaban J connectivity index is 2.38. The highest BCUT2D eigenvalue weighted by atomic mass is 79.9. The van der Waals surface area contributed by atoms with Gasteiger partial charge in [-0.3, -0.25) is 9.36 Å². The van der Waals surface area contributed by atoms with Crippen LogP contribution in [0.3, 0.4) is 0 Å². The molecule has 0 bridgehead atoms. The second-order valence-corrected chi connectivity index (χ2v) is 6.28. The summed E-state index contributed by atoms with van der Waals surface area (Å²) in [6, 6.07) is 10.6. The topological polar surface area (TPSA) is 55.1 Å². The molecule has 0 saturated carbocycles. The number of hydrogen-bond acceptors (Lipinski definition) is 3. The van der Waals surface area contributed by atoms with Crippen LogP contribution >= 0.6 is 31.9 Å². The number of phenols is 1. The van der Waals surface area contributed by atoms with Crippen LogP contribution in [0.2, 0.25) is 0 Å². The maximum atomic E-state index is 12.7. The molecule has 3 rings (SSSR count). The van der Waals surface area contributed by atoms with Crippen molar-refractivity contribution in [2.45, 2.75) is 6.92 Å². The molecule has 0 unspecified atom stereocenters. The summed E-state index contributed by atoms with van der Waals surface area (Å²) >= 11 is 6.55. The van der Waals surface area contributed by atoms with Crippen molar-refractivity contribution >= 4 is 42.8 Å². The van der Waals surface area contributed by atoms with Gasteiger partial charge in [-0.25, -0.2) is 4.98 Å². The summed E-state index contributed by atoms with van der Waals surface area (Å²) in [6.07, 6.45) is 0. The van der Waals surface area contributed by atoms with E-state index in [1.807, 2.05) is 18.2 Å². The fraction of sp³-hybridized carbons (Fsp3) is 0.0667. The minimum atomic E-state index is -0.136. The summed E-state index contributed by atoms with van der Waals surface area (Å²) < 4.78 is 2.54. The van der Waals surface area contributed by atoms with Crippen LogP contribution in [0.1, 0.15) is 5.82 Å². The second kappa shape index (κ2) is 5.27.